The van der Waals surface area contributed by atoms with E-state index in [0.29, 0.717) is 53.9 Å². The zero-order valence-corrected chi connectivity index (χ0v) is 17.5. The van der Waals surface area contributed by atoms with Gasteiger partial charge in [-0.25, -0.2) is 5.43 Å². The van der Waals surface area contributed by atoms with Gasteiger partial charge in [-0.15, -0.1) is 0 Å². The fraction of sp³-hybridized carbons (Fsp3) is 0.364. The van der Waals surface area contributed by atoms with Crippen molar-refractivity contribution in [1.82, 2.24) is 5.43 Å². The number of benzene rings is 2. The van der Waals surface area contributed by atoms with Gasteiger partial charge in [-0.2, -0.15) is 5.10 Å². The van der Waals surface area contributed by atoms with Crippen LogP contribution in [0, 0.1) is 6.92 Å². The first-order valence-corrected chi connectivity index (χ1v) is 9.62. The second kappa shape index (κ2) is 10.4. The Labute approximate surface area is 171 Å². The van der Waals surface area contributed by atoms with Crippen LogP contribution in [0.3, 0.4) is 0 Å². The molecular weight excluding hydrogens is 372 g/mol. The largest absolute Gasteiger partial charge is 0.507 e. The Kier molecular flexibility index (Phi) is 7.88. The number of hydrazone groups is 1. The van der Waals surface area contributed by atoms with Crippen LogP contribution in [0.1, 0.15) is 49.2 Å². The predicted molar refractivity (Wildman–Crippen MR) is 112 cm³/mol. The molecule has 0 heterocycles. The number of ether oxygens (including phenoxy) is 3. The first-order valence-electron chi connectivity index (χ1n) is 9.62. The molecule has 0 atom stereocenters. The maximum Gasteiger partial charge on any atom is 0.271 e. The number of carbonyl (C=O) groups is 1. The molecule has 2 rings (SSSR count). The number of amides is 1. The molecule has 0 radical (unpaired) electrons. The van der Waals surface area contributed by atoms with Gasteiger partial charge < -0.3 is 19.3 Å². The molecule has 156 valence electrons. The smallest absolute Gasteiger partial charge is 0.271 e. The Morgan fingerprint density at radius 1 is 1.00 bits per heavy atom. The average molecular weight is 400 g/mol. The standard InChI is InChI=1S/C22H28N2O5/c1-6-27-19-12-16(13-20(28-7-2)21(19)29-8-3)22(26)24-23-15(5)17-11-14(4)9-10-18(17)25/h9-13,25H,6-8H2,1-5H3,(H,24,26)/b23-15+. The van der Waals surface area contributed by atoms with E-state index in [2.05, 4.69) is 10.5 Å². The normalized spacial score (nSPS) is 11.1. The summed E-state index contributed by atoms with van der Waals surface area (Å²) in [5.41, 5.74) is 4.87. The molecule has 2 aromatic rings. The highest BCUT2D eigenvalue weighted by molar-refractivity contribution is 6.03. The van der Waals surface area contributed by atoms with E-state index in [4.69, 9.17) is 14.2 Å². The van der Waals surface area contributed by atoms with Crippen molar-refractivity contribution in [3.8, 4) is 23.0 Å². The molecule has 7 heteroatoms. The highest BCUT2D eigenvalue weighted by atomic mass is 16.5. The Morgan fingerprint density at radius 3 is 2.14 bits per heavy atom. The summed E-state index contributed by atoms with van der Waals surface area (Å²) in [6, 6.07) is 8.40. The van der Waals surface area contributed by atoms with Gasteiger partial charge >= 0.3 is 0 Å². The van der Waals surface area contributed by atoms with Gasteiger partial charge in [-0.05, 0) is 58.9 Å². The Balaban J connectivity index is 2.32. The lowest BCUT2D eigenvalue weighted by Gasteiger charge is -2.16. The van der Waals surface area contributed by atoms with E-state index in [1.54, 1.807) is 37.3 Å². The number of phenolic OH excluding ortho intramolecular Hbond substituents is 1. The van der Waals surface area contributed by atoms with E-state index in [-0.39, 0.29) is 5.75 Å². The summed E-state index contributed by atoms with van der Waals surface area (Å²) in [5.74, 6) is 1.01. The molecule has 29 heavy (non-hydrogen) atoms. The lowest BCUT2D eigenvalue weighted by molar-refractivity contribution is 0.0953. The molecule has 0 saturated carbocycles. The first kappa shape index (κ1) is 22.1. The molecule has 0 aromatic heterocycles. The van der Waals surface area contributed by atoms with E-state index in [9.17, 15) is 9.90 Å². The summed E-state index contributed by atoms with van der Waals surface area (Å²) in [7, 11) is 0. The number of aryl methyl sites for hydroxylation is 1. The minimum Gasteiger partial charge on any atom is -0.507 e. The Hall–Kier alpha value is -3.22. The molecule has 7 nitrogen and oxygen atoms in total. The number of hydrogen-bond donors (Lipinski definition) is 2. The number of aromatic hydroxyl groups is 1. The maximum atomic E-state index is 12.7. The zero-order valence-electron chi connectivity index (χ0n) is 17.5. The van der Waals surface area contributed by atoms with Crippen molar-refractivity contribution in [3.63, 3.8) is 0 Å². The fourth-order valence-electron chi connectivity index (χ4n) is 2.72. The van der Waals surface area contributed by atoms with E-state index in [1.807, 2.05) is 27.7 Å². The quantitative estimate of drug-likeness (QED) is 0.490. The molecule has 0 fully saturated rings. The molecule has 0 aliphatic heterocycles. The van der Waals surface area contributed by atoms with Crippen LogP contribution in [-0.4, -0.2) is 36.5 Å². The molecular formula is C22H28N2O5. The molecule has 0 aliphatic rings. The maximum absolute atomic E-state index is 12.7. The van der Waals surface area contributed by atoms with Crippen LogP contribution in [0.15, 0.2) is 35.4 Å². The van der Waals surface area contributed by atoms with Gasteiger partial charge in [-0.3, -0.25) is 4.79 Å². The molecule has 0 unspecified atom stereocenters. The van der Waals surface area contributed by atoms with Crippen LogP contribution < -0.4 is 19.6 Å². The monoisotopic (exact) mass is 400 g/mol. The molecule has 1 amide bonds. The van der Waals surface area contributed by atoms with Crippen molar-refractivity contribution < 1.29 is 24.1 Å². The van der Waals surface area contributed by atoms with Gasteiger partial charge in [0.1, 0.15) is 5.75 Å². The molecule has 0 aliphatic carbocycles. The molecule has 0 spiro atoms. The van der Waals surface area contributed by atoms with Crippen LogP contribution >= 0.6 is 0 Å². The minimum absolute atomic E-state index is 0.101. The average Bonchev–Trinajstić information content (AvgIpc) is 2.70. The SMILES string of the molecule is CCOc1cc(C(=O)N/N=C(\C)c2cc(C)ccc2O)cc(OCC)c1OCC. The van der Waals surface area contributed by atoms with Crippen LogP contribution in [0.25, 0.3) is 0 Å². The first-order chi connectivity index (χ1) is 13.9. The van der Waals surface area contributed by atoms with Crippen molar-refractivity contribution in [2.75, 3.05) is 19.8 Å². The number of hydrogen-bond acceptors (Lipinski definition) is 6. The zero-order chi connectivity index (χ0) is 21.4. The number of carbonyl (C=O) groups excluding carboxylic acids is 1. The van der Waals surface area contributed by atoms with Crippen molar-refractivity contribution >= 4 is 11.6 Å². The molecule has 2 aromatic carbocycles. The summed E-state index contributed by atoms with van der Waals surface area (Å²) < 4.78 is 16.9. The summed E-state index contributed by atoms with van der Waals surface area (Å²) in [6.07, 6.45) is 0. The Morgan fingerprint density at radius 2 is 1.59 bits per heavy atom. The van der Waals surface area contributed by atoms with Gasteiger partial charge in [0.05, 0.1) is 25.5 Å². The van der Waals surface area contributed by atoms with Crippen LogP contribution in [0.2, 0.25) is 0 Å². The van der Waals surface area contributed by atoms with Crippen LogP contribution in [0.5, 0.6) is 23.0 Å². The third-order valence-corrected chi connectivity index (χ3v) is 4.04. The minimum atomic E-state index is -0.429. The highest BCUT2D eigenvalue weighted by Gasteiger charge is 2.18. The highest BCUT2D eigenvalue weighted by Crippen LogP contribution is 2.39. The van der Waals surface area contributed by atoms with Crippen molar-refractivity contribution in [2.24, 2.45) is 5.10 Å². The van der Waals surface area contributed by atoms with Gasteiger partial charge in [-0.1, -0.05) is 11.6 Å². The van der Waals surface area contributed by atoms with Crippen molar-refractivity contribution in [2.45, 2.75) is 34.6 Å². The third-order valence-electron chi connectivity index (χ3n) is 4.04. The number of nitrogens with zero attached hydrogens (tertiary/aromatic N) is 1. The summed E-state index contributed by atoms with van der Waals surface area (Å²) in [5, 5.41) is 14.1. The molecule has 0 saturated heterocycles. The third kappa shape index (κ3) is 5.63. The topological polar surface area (TPSA) is 89.4 Å². The van der Waals surface area contributed by atoms with Crippen LogP contribution in [-0.2, 0) is 0 Å². The van der Waals surface area contributed by atoms with Gasteiger partial charge in [0.2, 0.25) is 5.75 Å². The van der Waals surface area contributed by atoms with Crippen molar-refractivity contribution in [1.29, 1.82) is 0 Å². The van der Waals surface area contributed by atoms with E-state index in [0.717, 1.165) is 5.56 Å². The number of nitrogens with one attached hydrogen (secondary N) is 1. The Bertz CT molecular complexity index is 866. The van der Waals surface area contributed by atoms with E-state index < -0.39 is 5.91 Å². The van der Waals surface area contributed by atoms with Gasteiger partial charge in [0, 0.05) is 11.1 Å². The summed E-state index contributed by atoms with van der Waals surface area (Å²) in [6.45, 7) is 10.5. The van der Waals surface area contributed by atoms with E-state index >= 15 is 0 Å². The fourth-order valence-corrected chi connectivity index (χ4v) is 2.72. The second-order valence-corrected chi connectivity index (χ2v) is 6.26. The lowest BCUT2D eigenvalue weighted by atomic mass is 10.1. The summed E-state index contributed by atoms with van der Waals surface area (Å²) in [4.78, 5) is 12.7. The molecule has 2 N–H and O–H groups in total. The lowest BCUT2D eigenvalue weighted by Crippen LogP contribution is -2.20. The second-order valence-electron chi connectivity index (χ2n) is 6.26. The predicted octanol–water partition coefficient (Wildman–Crippen LogP) is 4.05. The van der Waals surface area contributed by atoms with Gasteiger partial charge in [0.15, 0.2) is 11.5 Å². The van der Waals surface area contributed by atoms with Crippen LogP contribution in [0.4, 0.5) is 0 Å². The molecule has 0 bridgehead atoms. The van der Waals surface area contributed by atoms with E-state index in [1.165, 1.54) is 0 Å². The summed E-state index contributed by atoms with van der Waals surface area (Å²) >= 11 is 0. The van der Waals surface area contributed by atoms with Crippen molar-refractivity contribution in [3.05, 3.63) is 47.0 Å². The van der Waals surface area contributed by atoms with Gasteiger partial charge in [0.25, 0.3) is 5.91 Å². The number of phenols is 1. The number of rotatable bonds is 9.